The first kappa shape index (κ1) is 12.6. The highest BCUT2D eigenvalue weighted by molar-refractivity contribution is 6.31. The van der Waals surface area contributed by atoms with Crippen LogP contribution in [0.2, 0.25) is 5.02 Å². The van der Waals surface area contributed by atoms with Gasteiger partial charge in [-0.2, -0.15) is 0 Å². The van der Waals surface area contributed by atoms with Crippen LogP contribution in [0.1, 0.15) is 21.5 Å². The van der Waals surface area contributed by atoms with Crippen LogP contribution < -0.4 is 0 Å². The van der Waals surface area contributed by atoms with Crippen LogP contribution in [0.15, 0.2) is 54.6 Å². The summed E-state index contributed by atoms with van der Waals surface area (Å²) in [6.07, 6.45) is 3.37. The summed E-state index contributed by atoms with van der Waals surface area (Å²) in [6, 6.07) is 15.1. The van der Waals surface area contributed by atoms with E-state index in [1.807, 2.05) is 43.3 Å². The van der Waals surface area contributed by atoms with Gasteiger partial charge in [0.15, 0.2) is 5.78 Å². The number of rotatable bonds is 3. The Morgan fingerprint density at radius 3 is 2.50 bits per heavy atom. The Bertz CT molecular complexity index is 585. The summed E-state index contributed by atoms with van der Waals surface area (Å²) in [7, 11) is 0. The molecule has 1 nitrogen and oxygen atoms in total. The van der Waals surface area contributed by atoms with Gasteiger partial charge in [-0.1, -0.05) is 60.1 Å². The first-order chi connectivity index (χ1) is 8.66. The molecule has 0 amide bonds. The number of allylic oxidation sites excluding steroid dienone is 1. The Kier molecular flexibility index (Phi) is 3.96. The number of carbonyl (C=O) groups is 1. The highest BCUT2D eigenvalue weighted by atomic mass is 35.5. The van der Waals surface area contributed by atoms with E-state index in [2.05, 4.69) is 0 Å². The van der Waals surface area contributed by atoms with Crippen molar-refractivity contribution in [2.45, 2.75) is 6.92 Å². The molecule has 0 aliphatic carbocycles. The number of carbonyl (C=O) groups excluding carboxylic acids is 1. The predicted octanol–water partition coefficient (Wildman–Crippen LogP) is 4.54. The number of benzene rings is 2. The van der Waals surface area contributed by atoms with E-state index in [1.165, 1.54) is 0 Å². The second-order valence-corrected chi connectivity index (χ2v) is 4.48. The van der Waals surface area contributed by atoms with Gasteiger partial charge in [0.25, 0.3) is 0 Å². The molecular weight excluding hydrogens is 244 g/mol. The zero-order valence-electron chi connectivity index (χ0n) is 10.1. The van der Waals surface area contributed by atoms with Crippen molar-refractivity contribution in [3.63, 3.8) is 0 Å². The number of hydrogen-bond acceptors (Lipinski definition) is 1. The van der Waals surface area contributed by atoms with Crippen molar-refractivity contribution in [2.24, 2.45) is 0 Å². The molecule has 0 heterocycles. The van der Waals surface area contributed by atoms with E-state index < -0.39 is 0 Å². The van der Waals surface area contributed by atoms with Gasteiger partial charge in [-0.15, -0.1) is 0 Å². The molecule has 0 atom stereocenters. The highest BCUT2D eigenvalue weighted by Crippen LogP contribution is 2.17. The molecule has 0 aliphatic rings. The summed E-state index contributed by atoms with van der Waals surface area (Å²) in [5, 5.41) is 0.619. The quantitative estimate of drug-likeness (QED) is 0.582. The van der Waals surface area contributed by atoms with Gasteiger partial charge in [-0.25, -0.2) is 0 Å². The maximum Gasteiger partial charge on any atom is 0.185 e. The third-order valence-electron chi connectivity index (χ3n) is 2.68. The summed E-state index contributed by atoms with van der Waals surface area (Å²) in [6.45, 7) is 1.91. The maximum atomic E-state index is 11.9. The first-order valence-corrected chi connectivity index (χ1v) is 6.08. The van der Waals surface area contributed by atoms with Crippen LogP contribution in [0.5, 0.6) is 0 Å². The smallest absolute Gasteiger partial charge is 0.185 e. The minimum atomic E-state index is -0.0410. The van der Waals surface area contributed by atoms with Crippen LogP contribution in [0.3, 0.4) is 0 Å². The highest BCUT2D eigenvalue weighted by Gasteiger charge is 2.03. The Hall–Kier alpha value is -1.86. The van der Waals surface area contributed by atoms with Gasteiger partial charge in [0.2, 0.25) is 0 Å². The molecule has 2 aromatic rings. The normalized spacial score (nSPS) is 10.8. The van der Waals surface area contributed by atoms with E-state index in [0.29, 0.717) is 10.6 Å². The van der Waals surface area contributed by atoms with Crippen molar-refractivity contribution in [1.82, 2.24) is 0 Å². The summed E-state index contributed by atoms with van der Waals surface area (Å²) in [5.74, 6) is -0.0410. The topological polar surface area (TPSA) is 17.1 Å². The zero-order chi connectivity index (χ0) is 13.0. The fraction of sp³-hybridized carbons (Fsp3) is 0.0625. The number of aryl methyl sites for hydroxylation is 1. The van der Waals surface area contributed by atoms with Gasteiger partial charge in [-0.05, 0) is 30.2 Å². The van der Waals surface area contributed by atoms with Gasteiger partial charge in [-0.3, -0.25) is 4.79 Å². The Labute approximate surface area is 112 Å². The summed E-state index contributed by atoms with van der Waals surface area (Å²) >= 11 is 6.00. The predicted molar refractivity (Wildman–Crippen MR) is 76.0 cm³/mol. The number of hydrogen-bond donors (Lipinski definition) is 0. The molecule has 0 spiro atoms. The van der Waals surface area contributed by atoms with Gasteiger partial charge in [0.1, 0.15) is 0 Å². The van der Waals surface area contributed by atoms with Crippen molar-refractivity contribution in [3.05, 3.63) is 76.3 Å². The van der Waals surface area contributed by atoms with Crippen LogP contribution in [0.4, 0.5) is 0 Å². The SMILES string of the molecule is Cc1ccc(C(=O)C=Cc2ccccc2)cc1Cl. The number of halogens is 1. The van der Waals surface area contributed by atoms with Crippen molar-refractivity contribution >= 4 is 23.5 Å². The Morgan fingerprint density at radius 1 is 1.11 bits per heavy atom. The van der Waals surface area contributed by atoms with Gasteiger partial charge in [0.05, 0.1) is 0 Å². The minimum Gasteiger partial charge on any atom is -0.289 e. The van der Waals surface area contributed by atoms with Gasteiger partial charge >= 0.3 is 0 Å². The number of ketones is 1. The zero-order valence-corrected chi connectivity index (χ0v) is 10.8. The molecule has 2 rings (SSSR count). The van der Waals surface area contributed by atoms with E-state index in [1.54, 1.807) is 24.3 Å². The molecule has 90 valence electrons. The lowest BCUT2D eigenvalue weighted by Crippen LogP contribution is -1.94. The lowest BCUT2D eigenvalue weighted by atomic mass is 10.1. The largest absolute Gasteiger partial charge is 0.289 e. The minimum absolute atomic E-state index is 0.0410. The molecule has 0 unspecified atom stereocenters. The third-order valence-corrected chi connectivity index (χ3v) is 3.09. The van der Waals surface area contributed by atoms with E-state index >= 15 is 0 Å². The molecule has 0 saturated heterocycles. The Morgan fingerprint density at radius 2 is 1.83 bits per heavy atom. The van der Waals surface area contributed by atoms with Crippen LogP contribution in [-0.4, -0.2) is 5.78 Å². The van der Waals surface area contributed by atoms with Crippen molar-refractivity contribution < 1.29 is 4.79 Å². The molecule has 0 radical (unpaired) electrons. The van der Waals surface area contributed by atoms with Gasteiger partial charge < -0.3 is 0 Å². The van der Waals surface area contributed by atoms with E-state index in [0.717, 1.165) is 11.1 Å². The second-order valence-electron chi connectivity index (χ2n) is 4.07. The van der Waals surface area contributed by atoms with E-state index in [9.17, 15) is 4.79 Å². The fourth-order valence-corrected chi connectivity index (χ4v) is 1.76. The molecule has 0 N–H and O–H groups in total. The average molecular weight is 257 g/mol. The molecule has 0 fully saturated rings. The lowest BCUT2D eigenvalue weighted by Gasteiger charge is -2.00. The van der Waals surface area contributed by atoms with E-state index in [-0.39, 0.29) is 5.78 Å². The van der Waals surface area contributed by atoms with Crippen molar-refractivity contribution in [2.75, 3.05) is 0 Å². The fourth-order valence-electron chi connectivity index (χ4n) is 1.58. The van der Waals surface area contributed by atoms with Crippen LogP contribution in [0.25, 0.3) is 6.08 Å². The first-order valence-electron chi connectivity index (χ1n) is 5.70. The van der Waals surface area contributed by atoms with E-state index in [4.69, 9.17) is 11.6 Å². The second kappa shape index (κ2) is 5.65. The molecule has 0 bridgehead atoms. The summed E-state index contributed by atoms with van der Waals surface area (Å²) < 4.78 is 0. The molecule has 18 heavy (non-hydrogen) atoms. The van der Waals surface area contributed by atoms with Crippen molar-refractivity contribution in [3.8, 4) is 0 Å². The molecule has 0 aromatic heterocycles. The molecule has 2 aromatic carbocycles. The molecule has 2 heteroatoms. The van der Waals surface area contributed by atoms with Crippen LogP contribution >= 0.6 is 11.6 Å². The van der Waals surface area contributed by atoms with Crippen molar-refractivity contribution in [1.29, 1.82) is 0 Å². The maximum absolute atomic E-state index is 11.9. The molecule has 0 saturated carbocycles. The van der Waals surface area contributed by atoms with Crippen LogP contribution in [0, 0.1) is 6.92 Å². The summed E-state index contributed by atoms with van der Waals surface area (Å²) in [4.78, 5) is 11.9. The molecular formula is C16H13ClO. The Balaban J connectivity index is 2.17. The summed E-state index contributed by atoms with van der Waals surface area (Å²) in [5.41, 5.74) is 2.59. The standard InChI is InChI=1S/C16H13ClO/c1-12-7-9-14(11-15(12)17)16(18)10-8-13-5-3-2-4-6-13/h2-11H,1H3. The monoisotopic (exact) mass is 256 g/mol. The van der Waals surface area contributed by atoms with Crippen LogP contribution in [-0.2, 0) is 0 Å². The lowest BCUT2D eigenvalue weighted by molar-refractivity contribution is 0.104. The molecule has 0 aliphatic heterocycles. The van der Waals surface area contributed by atoms with Gasteiger partial charge in [0, 0.05) is 10.6 Å². The third kappa shape index (κ3) is 3.08. The average Bonchev–Trinajstić information content (AvgIpc) is 2.40.